The number of carbonyl (C=O) groups is 1. The lowest BCUT2D eigenvalue weighted by Crippen LogP contribution is -2.45. The van der Waals surface area contributed by atoms with Gasteiger partial charge in [-0.3, -0.25) is 14.3 Å². The first-order valence-electron chi connectivity index (χ1n) is 8.47. The van der Waals surface area contributed by atoms with Crippen LogP contribution in [-0.2, 0) is 11.5 Å². The normalized spacial score (nSPS) is 14.9. The summed E-state index contributed by atoms with van der Waals surface area (Å²) in [6.07, 6.45) is 2.31. The molecule has 0 atom stereocenters. The molecule has 2 aromatic rings. The Morgan fingerprint density at radius 3 is 2.76 bits per heavy atom. The minimum absolute atomic E-state index is 0.00150. The molecule has 0 unspecified atom stereocenters. The molecule has 8 heteroatoms. The zero-order chi connectivity index (χ0) is 18.2. The zero-order valence-electron chi connectivity index (χ0n) is 15.2. The third-order valence-corrected chi connectivity index (χ3v) is 5.10. The van der Waals surface area contributed by atoms with Crippen LogP contribution in [0.1, 0.15) is 39.7 Å². The van der Waals surface area contributed by atoms with Crippen LogP contribution in [0.4, 0.5) is 0 Å². The van der Waals surface area contributed by atoms with Crippen molar-refractivity contribution in [3.05, 3.63) is 22.3 Å². The predicted molar refractivity (Wildman–Crippen MR) is 103 cm³/mol. The smallest absolute Gasteiger partial charge is 0.234 e. The molecule has 136 valence electrons. The Kier molecular flexibility index (Phi) is 5.13. The molecule has 0 aromatic carbocycles. The fourth-order valence-corrected chi connectivity index (χ4v) is 3.77. The summed E-state index contributed by atoms with van der Waals surface area (Å²) in [4.78, 5) is 15.2. The van der Waals surface area contributed by atoms with E-state index in [0.717, 1.165) is 28.3 Å². The van der Waals surface area contributed by atoms with Crippen molar-refractivity contribution < 1.29 is 4.79 Å². The molecule has 1 N–H and O–H groups in total. The van der Waals surface area contributed by atoms with E-state index in [9.17, 15) is 4.79 Å². The zero-order valence-corrected chi connectivity index (χ0v) is 16.8. The van der Waals surface area contributed by atoms with Crippen LogP contribution < -0.4 is 5.32 Å². The molecule has 1 aliphatic carbocycles. The third kappa shape index (κ3) is 4.56. The van der Waals surface area contributed by atoms with Crippen LogP contribution in [0.15, 0.2) is 17.5 Å². The van der Waals surface area contributed by atoms with Crippen LogP contribution in [-0.4, -0.2) is 44.3 Å². The number of thiophene rings is 1. The van der Waals surface area contributed by atoms with Crippen molar-refractivity contribution >= 4 is 29.5 Å². The number of nitrogens with one attached hydrogen (secondary N) is 1. The Morgan fingerprint density at radius 1 is 1.48 bits per heavy atom. The van der Waals surface area contributed by atoms with Crippen LogP contribution in [0.25, 0.3) is 10.7 Å². The molecule has 1 aliphatic rings. The van der Waals surface area contributed by atoms with Gasteiger partial charge in [0.25, 0.3) is 0 Å². The Balaban J connectivity index is 1.76. The standard InChI is InChI=1S/C17H25N5OS2/c1-17(2,3)18-14(23)10-20(4)11-21-16(24)22(12-7-8-12)15(19-21)13-6-5-9-25-13/h5-6,9,12H,7-8,10-11H2,1-4H3,(H,18,23). The monoisotopic (exact) mass is 379 g/mol. The highest BCUT2D eigenvalue weighted by Crippen LogP contribution is 2.39. The minimum atomic E-state index is -0.228. The lowest BCUT2D eigenvalue weighted by atomic mass is 10.1. The van der Waals surface area contributed by atoms with Crippen molar-refractivity contribution in [2.75, 3.05) is 13.6 Å². The number of carbonyl (C=O) groups excluding carboxylic acids is 1. The molecule has 1 saturated carbocycles. The van der Waals surface area contributed by atoms with E-state index < -0.39 is 0 Å². The first-order chi connectivity index (χ1) is 11.7. The minimum Gasteiger partial charge on any atom is -0.350 e. The molecular formula is C17H25N5OS2. The fourth-order valence-electron chi connectivity index (χ4n) is 2.73. The third-order valence-electron chi connectivity index (χ3n) is 3.83. The van der Waals surface area contributed by atoms with Crippen LogP contribution in [0, 0.1) is 4.77 Å². The van der Waals surface area contributed by atoms with E-state index in [4.69, 9.17) is 17.3 Å². The van der Waals surface area contributed by atoms with Gasteiger partial charge in [-0.15, -0.1) is 16.4 Å². The molecular weight excluding hydrogens is 354 g/mol. The van der Waals surface area contributed by atoms with Gasteiger partial charge in [-0.25, -0.2) is 4.68 Å². The second-order valence-corrected chi connectivity index (χ2v) is 8.95. The molecule has 0 saturated heterocycles. The average Bonchev–Trinajstić information content (AvgIpc) is 3.05. The molecule has 0 radical (unpaired) electrons. The topological polar surface area (TPSA) is 55.1 Å². The van der Waals surface area contributed by atoms with Crippen molar-refractivity contribution in [2.24, 2.45) is 0 Å². The van der Waals surface area contributed by atoms with Crippen LogP contribution in [0.2, 0.25) is 0 Å². The number of likely N-dealkylation sites (N-methyl/N-ethyl adjacent to an activating group) is 1. The largest absolute Gasteiger partial charge is 0.350 e. The van der Waals surface area contributed by atoms with Gasteiger partial charge in [-0.1, -0.05) is 6.07 Å². The number of amides is 1. The van der Waals surface area contributed by atoms with Gasteiger partial charge in [-0.2, -0.15) is 0 Å². The van der Waals surface area contributed by atoms with Crippen LogP contribution >= 0.6 is 23.6 Å². The summed E-state index contributed by atoms with van der Waals surface area (Å²) in [5, 5.41) is 9.78. The summed E-state index contributed by atoms with van der Waals surface area (Å²) in [6.45, 7) is 6.74. The predicted octanol–water partition coefficient (Wildman–Crippen LogP) is 3.28. The first-order valence-corrected chi connectivity index (χ1v) is 9.76. The summed E-state index contributed by atoms with van der Waals surface area (Å²) < 4.78 is 4.73. The van der Waals surface area contributed by atoms with Crippen molar-refractivity contribution in [1.82, 2.24) is 24.6 Å². The van der Waals surface area contributed by atoms with Gasteiger partial charge in [0.15, 0.2) is 10.6 Å². The van der Waals surface area contributed by atoms with E-state index in [2.05, 4.69) is 21.3 Å². The maximum absolute atomic E-state index is 12.1. The van der Waals surface area contributed by atoms with E-state index in [1.54, 1.807) is 11.3 Å². The molecule has 3 rings (SSSR count). The number of hydrogen-bond donors (Lipinski definition) is 1. The molecule has 2 heterocycles. The van der Waals surface area contributed by atoms with Crippen LogP contribution in [0.5, 0.6) is 0 Å². The molecule has 0 aliphatic heterocycles. The van der Waals surface area contributed by atoms with Gasteiger partial charge in [0.05, 0.1) is 18.1 Å². The van der Waals surface area contributed by atoms with E-state index in [0.29, 0.717) is 19.3 Å². The van der Waals surface area contributed by atoms with Crippen molar-refractivity contribution in [3.63, 3.8) is 0 Å². The van der Waals surface area contributed by atoms with Gasteiger partial charge in [-0.05, 0) is 64.3 Å². The average molecular weight is 380 g/mol. The Bertz CT molecular complexity index is 796. The van der Waals surface area contributed by atoms with Crippen molar-refractivity contribution in [2.45, 2.75) is 51.9 Å². The summed E-state index contributed by atoms with van der Waals surface area (Å²) in [7, 11) is 1.91. The molecule has 25 heavy (non-hydrogen) atoms. The molecule has 6 nitrogen and oxygen atoms in total. The molecule has 2 aromatic heterocycles. The second-order valence-electron chi connectivity index (χ2n) is 7.64. The second kappa shape index (κ2) is 7.01. The highest BCUT2D eigenvalue weighted by Gasteiger charge is 2.29. The van der Waals surface area contributed by atoms with Gasteiger partial charge in [0.1, 0.15) is 0 Å². The molecule has 1 amide bonds. The Hall–Kier alpha value is -1.51. The van der Waals surface area contributed by atoms with Crippen molar-refractivity contribution in [3.8, 4) is 10.7 Å². The highest BCUT2D eigenvalue weighted by molar-refractivity contribution is 7.71. The van der Waals surface area contributed by atoms with E-state index >= 15 is 0 Å². The number of aromatic nitrogens is 3. The fraction of sp³-hybridized carbons (Fsp3) is 0.588. The number of hydrogen-bond acceptors (Lipinski definition) is 5. The lowest BCUT2D eigenvalue weighted by Gasteiger charge is -2.23. The molecule has 0 spiro atoms. The van der Waals surface area contributed by atoms with Gasteiger partial charge in [0, 0.05) is 11.6 Å². The number of rotatable bonds is 6. The summed E-state index contributed by atoms with van der Waals surface area (Å²) in [5.41, 5.74) is -0.228. The van der Waals surface area contributed by atoms with E-state index in [1.807, 2.05) is 43.5 Å². The van der Waals surface area contributed by atoms with Gasteiger partial charge >= 0.3 is 0 Å². The maximum Gasteiger partial charge on any atom is 0.234 e. The van der Waals surface area contributed by atoms with E-state index in [1.165, 1.54) is 0 Å². The number of nitrogens with zero attached hydrogens (tertiary/aromatic N) is 4. The Labute approximate surface area is 157 Å². The van der Waals surface area contributed by atoms with E-state index in [-0.39, 0.29) is 11.4 Å². The van der Waals surface area contributed by atoms with Crippen molar-refractivity contribution in [1.29, 1.82) is 0 Å². The highest BCUT2D eigenvalue weighted by atomic mass is 32.1. The maximum atomic E-state index is 12.1. The summed E-state index contributed by atoms with van der Waals surface area (Å²) in [5.74, 6) is 0.941. The first kappa shape index (κ1) is 18.3. The lowest BCUT2D eigenvalue weighted by molar-refractivity contribution is -0.123. The molecule has 0 bridgehead atoms. The summed E-state index contributed by atoms with van der Waals surface area (Å²) in [6, 6.07) is 4.57. The SMILES string of the molecule is CN(CC(=O)NC(C)(C)C)Cn1nc(-c2cccs2)n(C2CC2)c1=S. The summed E-state index contributed by atoms with van der Waals surface area (Å²) >= 11 is 7.34. The van der Waals surface area contributed by atoms with Gasteiger partial charge < -0.3 is 5.32 Å². The molecule has 1 fully saturated rings. The van der Waals surface area contributed by atoms with Gasteiger partial charge in [0.2, 0.25) is 5.91 Å². The Morgan fingerprint density at radius 2 is 2.20 bits per heavy atom. The van der Waals surface area contributed by atoms with Crippen LogP contribution in [0.3, 0.4) is 0 Å². The quantitative estimate of drug-likeness (QED) is 0.783.